The summed E-state index contributed by atoms with van der Waals surface area (Å²) in [4.78, 5) is 11.4. The van der Waals surface area contributed by atoms with E-state index in [1.807, 2.05) is 36.4 Å². The average Bonchev–Trinajstić information content (AvgIpc) is 2.81. The first-order chi connectivity index (χ1) is 14.7. The highest BCUT2D eigenvalue weighted by Crippen LogP contribution is 2.24. The SMILES string of the molecule is CCCCc1ccc(N=Nc2ccc(N=Nc3ccc(C(=O)OC)cc3)cc2)cc1. The van der Waals surface area contributed by atoms with Crippen molar-refractivity contribution in [2.45, 2.75) is 26.2 Å². The molecule has 0 atom stereocenters. The molecule has 6 heteroatoms. The summed E-state index contributed by atoms with van der Waals surface area (Å²) < 4.78 is 4.67. The minimum absolute atomic E-state index is 0.379. The Bertz CT molecular complexity index is 1010. The summed E-state index contributed by atoms with van der Waals surface area (Å²) in [5, 5.41) is 16.9. The maximum atomic E-state index is 11.4. The highest BCUT2D eigenvalue weighted by molar-refractivity contribution is 5.89. The zero-order chi connectivity index (χ0) is 21.2. The lowest BCUT2D eigenvalue weighted by molar-refractivity contribution is 0.0601. The van der Waals surface area contributed by atoms with E-state index < -0.39 is 0 Å². The monoisotopic (exact) mass is 400 g/mol. The number of ether oxygens (including phenoxy) is 1. The fourth-order valence-corrected chi connectivity index (χ4v) is 2.71. The topological polar surface area (TPSA) is 75.7 Å². The number of carbonyl (C=O) groups excluding carboxylic acids is 1. The van der Waals surface area contributed by atoms with Gasteiger partial charge in [0.1, 0.15) is 0 Å². The lowest BCUT2D eigenvalue weighted by Crippen LogP contribution is -1.99. The average molecular weight is 400 g/mol. The van der Waals surface area contributed by atoms with Crippen LogP contribution >= 0.6 is 0 Å². The van der Waals surface area contributed by atoms with Crippen molar-refractivity contribution >= 4 is 28.7 Å². The molecule has 30 heavy (non-hydrogen) atoms. The van der Waals surface area contributed by atoms with Crippen LogP contribution < -0.4 is 0 Å². The van der Waals surface area contributed by atoms with Gasteiger partial charge in [0.05, 0.1) is 35.4 Å². The van der Waals surface area contributed by atoms with Gasteiger partial charge in [-0.15, -0.1) is 0 Å². The van der Waals surface area contributed by atoms with Gasteiger partial charge in [0.25, 0.3) is 0 Å². The van der Waals surface area contributed by atoms with Gasteiger partial charge in [0.15, 0.2) is 0 Å². The van der Waals surface area contributed by atoms with Crippen LogP contribution in [-0.2, 0) is 11.2 Å². The Labute approximate surface area is 176 Å². The molecule has 0 bridgehead atoms. The molecular formula is C24H24N4O2. The Morgan fingerprint density at radius 2 is 1.10 bits per heavy atom. The molecule has 0 fully saturated rings. The number of hydrogen-bond acceptors (Lipinski definition) is 6. The molecular weight excluding hydrogens is 376 g/mol. The van der Waals surface area contributed by atoms with Crippen LogP contribution in [0.25, 0.3) is 0 Å². The number of aryl methyl sites for hydroxylation is 1. The molecule has 0 unspecified atom stereocenters. The van der Waals surface area contributed by atoms with Crippen molar-refractivity contribution in [1.29, 1.82) is 0 Å². The highest BCUT2D eigenvalue weighted by Gasteiger charge is 2.03. The largest absolute Gasteiger partial charge is 0.465 e. The normalized spacial score (nSPS) is 11.3. The molecule has 0 N–H and O–H groups in total. The third-order valence-corrected chi connectivity index (χ3v) is 4.46. The van der Waals surface area contributed by atoms with Crippen LogP contribution in [0.1, 0.15) is 35.7 Å². The van der Waals surface area contributed by atoms with Crippen LogP contribution in [-0.4, -0.2) is 13.1 Å². The van der Waals surface area contributed by atoms with Gasteiger partial charge in [-0.25, -0.2) is 4.79 Å². The van der Waals surface area contributed by atoms with Gasteiger partial charge < -0.3 is 4.74 Å². The van der Waals surface area contributed by atoms with E-state index in [1.165, 1.54) is 25.5 Å². The van der Waals surface area contributed by atoms with E-state index in [2.05, 4.69) is 44.3 Å². The van der Waals surface area contributed by atoms with Gasteiger partial charge in [-0.05, 0) is 79.1 Å². The standard InChI is InChI=1S/C24H24N4O2/c1-3-4-5-18-6-10-20(11-7-18)25-27-22-14-16-23(17-15-22)28-26-21-12-8-19(9-13-21)24(29)30-2/h6-17H,3-5H2,1-2H3. The summed E-state index contributed by atoms with van der Waals surface area (Å²) in [5.74, 6) is -0.379. The molecule has 3 rings (SSSR count). The number of hydrogen-bond donors (Lipinski definition) is 0. The van der Waals surface area contributed by atoms with E-state index in [0.717, 1.165) is 17.8 Å². The summed E-state index contributed by atoms with van der Waals surface area (Å²) in [5.41, 5.74) is 4.72. The van der Waals surface area contributed by atoms with Crippen molar-refractivity contribution in [1.82, 2.24) is 0 Å². The first-order valence-electron chi connectivity index (χ1n) is 9.89. The predicted molar refractivity (Wildman–Crippen MR) is 118 cm³/mol. The predicted octanol–water partition coefficient (Wildman–Crippen LogP) is 7.65. The molecule has 0 aromatic heterocycles. The maximum Gasteiger partial charge on any atom is 0.337 e. The second-order valence-electron chi connectivity index (χ2n) is 6.72. The molecule has 3 aromatic rings. The molecule has 0 aliphatic heterocycles. The summed E-state index contributed by atoms with van der Waals surface area (Å²) in [6, 6.07) is 22.3. The molecule has 6 nitrogen and oxygen atoms in total. The van der Waals surface area contributed by atoms with Crippen LogP contribution in [0.2, 0.25) is 0 Å². The number of methoxy groups -OCH3 is 1. The molecule has 0 aliphatic carbocycles. The number of rotatable bonds is 8. The number of azo groups is 2. The fraction of sp³-hybridized carbons (Fsp3) is 0.208. The zero-order valence-corrected chi connectivity index (χ0v) is 17.2. The lowest BCUT2D eigenvalue weighted by atomic mass is 10.1. The lowest BCUT2D eigenvalue weighted by Gasteiger charge is -2.00. The Hall–Kier alpha value is -3.67. The van der Waals surface area contributed by atoms with Crippen LogP contribution in [0.15, 0.2) is 93.3 Å². The van der Waals surface area contributed by atoms with Gasteiger partial charge in [-0.3, -0.25) is 0 Å². The smallest absolute Gasteiger partial charge is 0.337 e. The molecule has 3 aromatic carbocycles. The number of unbranched alkanes of at least 4 members (excludes halogenated alkanes) is 1. The number of nitrogens with zero attached hydrogens (tertiary/aromatic N) is 4. The van der Waals surface area contributed by atoms with Gasteiger partial charge in [0, 0.05) is 0 Å². The van der Waals surface area contributed by atoms with Gasteiger partial charge in [-0.1, -0.05) is 25.5 Å². The van der Waals surface area contributed by atoms with E-state index in [4.69, 9.17) is 0 Å². The fourth-order valence-electron chi connectivity index (χ4n) is 2.71. The van der Waals surface area contributed by atoms with Gasteiger partial charge >= 0.3 is 5.97 Å². The molecule has 0 radical (unpaired) electrons. The maximum absolute atomic E-state index is 11.4. The molecule has 0 amide bonds. The summed E-state index contributed by atoms with van der Waals surface area (Å²) in [7, 11) is 1.35. The molecule has 0 saturated carbocycles. The Kier molecular flexibility index (Phi) is 7.55. The van der Waals surface area contributed by atoms with Crippen LogP contribution in [0, 0.1) is 0 Å². The van der Waals surface area contributed by atoms with Crippen molar-refractivity contribution in [3.63, 3.8) is 0 Å². The van der Waals surface area contributed by atoms with Crippen molar-refractivity contribution in [2.75, 3.05) is 7.11 Å². The molecule has 0 heterocycles. The molecule has 0 aliphatic rings. The molecule has 0 saturated heterocycles. The van der Waals surface area contributed by atoms with Crippen molar-refractivity contribution in [3.8, 4) is 0 Å². The van der Waals surface area contributed by atoms with Crippen molar-refractivity contribution in [3.05, 3.63) is 83.9 Å². The quantitative estimate of drug-likeness (QED) is 0.288. The third-order valence-electron chi connectivity index (χ3n) is 4.46. The van der Waals surface area contributed by atoms with E-state index >= 15 is 0 Å². The van der Waals surface area contributed by atoms with E-state index in [-0.39, 0.29) is 5.97 Å². The Morgan fingerprint density at radius 3 is 1.50 bits per heavy atom. The van der Waals surface area contributed by atoms with Gasteiger partial charge in [0.2, 0.25) is 0 Å². The van der Waals surface area contributed by atoms with E-state index in [0.29, 0.717) is 16.9 Å². The van der Waals surface area contributed by atoms with Crippen molar-refractivity contribution < 1.29 is 9.53 Å². The second-order valence-corrected chi connectivity index (χ2v) is 6.72. The van der Waals surface area contributed by atoms with Crippen LogP contribution in [0.5, 0.6) is 0 Å². The number of benzene rings is 3. The molecule has 0 spiro atoms. The number of carbonyl (C=O) groups is 1. The number of esters is 1. The van der Waals surface area contributed by atoms with Crippen molar-refractivity contribution in [2.24, 2.45) is 20.5 Å². The second kappa shape index (κ2) is 10.8. The minimum atomic E-state index is -0.379. The molecule has 152 valence electrons. The first-order valence-corrected chi connectivity index (χ1v) is 9.89. The summed E-state index contributed by atoms with van der Waals surface area (Å²) in [6.45, 7) is 2.19. The van der Waals surface area contributed by atoms with Crippen LogP contribution in [0.3, 0.4) is 0 Å². The summed E-state index contributed by atoms with van der Waals surface area (Å²) >= 11 is 0. The Morgan fingerprint density at radius 1 is 0.700 bits per heavy atom. The van der Waals surface area contributed by atoms with Crippen LogP contribution in [0.4, 0.5) is 22.7 Å². The third kappa shape index (κ3) is 6.17. The first kappa shape index (κ1) is 21.0. The Balaban J connectivity index is 1.58. The zero-order valence-electron chi connectivity index (χ0n) is 17.2. The van der Waals surface area contributed by atoms with E-state index in [1.54, 1.807) is 24.3 Å². The minimum Gasteiger partial charge on any atom is -0.465 e. The van der Waals surface area contributed by atoms with Gasteiger partial charge in [-0.2, -0.15) is 20.5 Å². The summed E-state index contributed by atoms with van der Waals surface area (Å²) in [6.07, 6.45) is 3.49. The van der Waals surface area contributed by atoms with E-state index in [9.17, 15) is 4.79 Å². The highest BCUT2D eigenvalue weighted by atomic mass is 16.5.